The highest BCUT2D eigenvalue weighted by Gasteiger charge is 2.40. The molecule has 27 heavy (non-hydrogen) atoms. The summed E-state index contributed by atoms with van der Waals surface area (Å²) in [5.41, 5.74) is 2.77. The van der Waals surface area contributed by atoms with Gasteiger partial charge in [0.15, 0.2) is 0 Å². The first kappa shape index (κ1) is 16.7. The summed E-state index contributed by atoms with van der Waals surface area (Å²) in [4.78, 5) is 38.5. The average Bonchev–Trinajstić information content (AvgIpc) is 2.97. The molecule has 3 aromatic carbocycles. The average molecular weight is 356 g/mol. The maximum Gasteiger partial charge on any atom is 0.306 e. The smallest absolute Gasteiger partial charge is 0.306 e. The molecule has 1 aliphatic rings. The molecule has 1 N–H and O–H groups in total. The predicted molar refractivity (Wildman–Crippen MR) is 103 cm³/mol. The zero-order valence-corrected chi connectivity index (χ0v) is 14.4. The molecule has 0 unspecified atom stereocenters. The number of rotatable bonds is 4. The minimum atomic E-state index is -0.813. The van der Waals surface area contributed by atoms with E-state index in [9.17, 15) is 14.4 Å². The van der Waals surface area contributed by atoms with Crippen molar-refractivity contribution < 1.29 is 14.4 Å². The molecule has 0 spiro atoms. The fourth-order valence-corrected chi connectivity index (χ4v) is 3.07. The molecule has 5 nitrogen and oxygen atoms in total. The zero-order valence-electron chi connectivity index (χ0n) is 14.4. The molecule has 0 saturated carbocycles. The van der Waals surface area contributed by atoms with E-state index >= 15 is 0 Å². The van der Waals surface area contributed by atoms with Crippen molar-refractivity contribution in [2.24, 2.45) is 0 Å². The Morgan fingerprint density at radius 3 is 2.22 bits per heavy atom. The fourth-order valence-electron chi connectivity index (χ4n) is 3.07. The number of benzene rings is 3. The molecular weight excluding hydrogens is 340 g/mol. The normalized spacial score (nSPS) is 12.8. The highest BCUT2D eigenvalue weighted by Crippen LogP contribution is 2.31. The molecule has 0 fully saturated rings. The van der Waals surface area contributed by atoms with Gasteiger partial charge in [0, 0.05) is 17.8 Å². The zero-order chi connectivity index (χ0) is 18.8. The van der Waals surface area contributed by atoms with Gasteiger partial charge in [0.2, 0.25) is 0 Å². The van der Waals surface area contributed by atoms with E-state index in [0.29, 0.717) is 17.8 Å². The van der Waals surface area contributed by atoms with E-state index in [1.165, 1.54) is 0 Å². The Bertz CT molecular complexity index is 1030. The largest absolute Gasteiger partial charge is 0.381 e. The SMILES string of the molecule is O=C1C(=O)N(C(=O)c2ccccc2)c2ccc(CNc3ccccc3)cc21. The van der Waals surface area contributed by atoms with E-state index in [1.54, 1.807) is 42.5 Å². The van der Waals surface area contributed by atoms with Crippen LogP contribution in [0.15, 0.2) is 78.9 Å². The topological polar surface area (TPSA) is 66.5 Å². The van der Waals surface area contributed by atoms with Crippen molar-refractivity contribution in [1.29, 1.82) is 0 Å². The number of carbonyl (C=O) groups is 3. The van der Waals surface area contributed by atoms with Crippen LogP contribution in [-0.2, 0) is 11.3 Å². The van der Waals surface area contributed by atoms with Gasteiger partial charge in [-0.05, 0) is 42.0 Å². The Labute approximate surface area is 156 Å². The maximum atomic E-state index is 12.7. The van der Waals surface area contributed by atoms with Crippen LogP contribution in [0.25, 0.3) is 0 Å². The van der Waals surface area contributed by atoms with Gasteiger partial charge in [-0.25, -0.2) is 4.90 Å². The van der Waals surface area contributed by atoms with Crippen LogP contribution in [0.3, 0.4) is 0 Å². The standard InChI is InChI=1S/C22H16N2O3/c25-20-18-13-15(14-23-17-9-5-2-6-10-17)11-12-19(18)24(22(20)27)21(26)16-7-3-1-4-8-16/h1-13,23H,14H2. The number of anilines is 2. The first-order valence-corrected chi connectivity index (χ1v) is 8.55. The molecule has 5 heteroatoms. The molecule has 0 radical (unpaired) electrons. The van der Waals surface area contributed by atoms with Crippen molar-refractivity contribution in [3.05, 3.63) is 95.6 Å². The number of carbonyl (C=O) groups excluding carboxylic acids is 3. The van der Waals surface area contributed by atoms with Crippen molar-refractivity contribution in [3.8, 4) is 0 Å². The quantitative estimate of drug-likeness (QED) is 0.572. The second-order valence-electron chi connectivity index (χ2n) is 6.21. The third kappa shape index (κ3) is 3.11. The van der Waals surface area contributed by atoms with E-state index < -0.39 is 17.6 Å². The molecule has 2 amide bonds. The maximum absolute atomic E-state index is 12.7. The molecule has 1 aliphatic heterocycles. The number of fused-ring (bicyclic) bond motifs is 1. The van der Waals surface area contributed by atoms with Crippen LogP contribution in [0.5, 0.6) is 0 Å². The Hall–Kier alpha value is -3.73. The number of nitrogens with one attached hydrogen (secondary N) is 1. The van der Waals surface area contributed by atoms with Gasteiger partial charge >= 0.3 is 5.91 Å². The number of amides is 2. The van der Waals surface area contributed by atoms with E-state index in [-0.39, 0.29) is 5.56 Å². The van der Waals surface area contributed by atoms with Gasteiger partial charge in [-0.1, -0.05) is 42.5 Å². The summed E-state index contributed by atoms with van der Waals surface area (Å²) in [6, 6.07) is 23.3. The van der Waals surface area contributed by atoms with Crippen molar-refractivity contribution in [3.63, 3.8) is 0 Å². The molecule has 4 rings (SSSR count). The molecule has 0 saturated heterocycles. The number of imide groups is 1. The number of hydrogen-bond acceptors (Lipinski definition) is 4. The molecular formula is C22H16N2O3. The number of Topliss-reactive ketones (excluding diaryl/α,β-unsaturated/α-hetero) is 1. The second-order valence-corrected chi connectivity index (χ2v) is 6.21. The van der Waals surface area contributed by atoms with Crippen LogP contribution in [0, 0.1) is 0 Å². The van der Waals surface area contributed by atoms with Crippen LogP contribution in [0.4, 0.5) is 11.4 Å². The Morgan fingerprint density at radius 1 is 0.852 bits per heavy atom. The van der Waals surface area contributed by atoms with Crippen LogP contribution < -0.4 is 10.2 Å². The lowest BCUT2D eigenvalue weighted by Gasteiger charge is -2.15. The van der Waals surface area contributed by atoms with E-state index in [2.05, 4.69) is 5.32 Å². The van der Waals surface area contributed by atoms with Gasteiger partial charge in [0.05, 0.1) is 11.3 Å². The third-order valence-corrected chi connectivity index (χ3v) is 4.44. The molecule has 0 aromatic heterocycles. The van der Waals surface area contributed by atoms with Gasteiger partial charge < -0.3 is 5.32 Å². The summed E-state index contributed by atoms with van der Waals surface area (Å²) < 4.78 is 0. The Balaban J connectivity index is 1.61. The molecule has 0 atom stereocenters. The third-order valence-electron chi connectivity index (χ3n) is 4.44. The van der Waals surface area contributed by atoms with Crippen LogP contribution in [0.2, 0.25) is 0 Å². The van der Waals surface area contributed by atoms with Gasteiger partial charge in [0.25, 0.3) is 11.7 Å². The summed E-state index contributed by atoms with van der Waals surface area (Å²) in [7, 11) is 0. The molecule has 132 valence electrons. The minimum absolute atomic E-state index is 0.261. The Morgan fingerprint density at radius 2 is 1.52 bits per heavy atom. The number of nitrogens with zero attached hydrogens (tertiary/aromatic N) is 1. The van der Waals surface area contributed by atoms with Gasteiger partial charge in [-0.3, -0.25) is 14.4 Å². The molecule has 0 bridgehead atoms. The highest BCUT2D eigenvalue weighted by atomic mass is 16.2. The van der Waals surface area contributed by atoms with Crippen molar-refractivity contribution in [2.75, 3.05) is 10.2 Å². The summed E-state index contributed by atoms with van der Waals surface area (Å²) in [6.45, 7) is 0.505. The van der Waals surface area contributed by atoms with Crippen LogP contribution in [0.1, 0.15) is 26.3 Å². The van der Waals surface area contributed by atoms with Gasteiger partial charge in [-0.15, -0.1) is 0 Å². The van der Waals surface area contributed by atoms with Crippen LogP contribution in [-0.4, -0.2) is 17.6 Å². The molecule has 0 aliphatic carbocycles. The summed E-state index contributed by atoms with van der Waals surface area (Å²) >= 11 is 0. The number of ketones is 1. The molecule has 3 aromatic rings. The lowest BCUT2D eigenvalue weighted by atomic mass is 10.1. The monoisotopic (exact) mass is 356 g/mol. The number of para-hydroxylation sites is 1. The molecule has 1 heterocycles. The van der Waals surface area contributed by atoms with Crippen molar-refractivity contribution >= 4 is 29.0 Å². The van der Waals surface area contributed by atoms with E-state index in [1.807, 2.05) is 36.4 Å². The van der Waals surface area contributed by atoms with Crippen molar-refractivity contribution in [2.45, 2.75) is 6.54 Å². The fraction of sp³-hybridized carbons (Fsp3) is 0.0455. The van der Waals surface area contributed by atoms with Crippen LogP contribution >= 0.6 is 0 Å². The number of hydrogen-bond donors (Lipinski definition) is 1. The van der Waals surface area contributed by atoms with Gasteiger partial charge in [-0.2, -0.15) is 0 Å². The lowest BCUT2D eigenvalue weighted by Crippen LogP contribution is -2.35. The van der Waals surface area contributed by atoms with Crippen molar-refractivity contribution in [1.82, 2.24) is 0 Å². The summed E-state index contributed by atoms with van der Waals surface area (Å²) in [5, 5.41) is 3.26. The lowest BCUT2D eigenvalue weighted by molar-refractivity contribution is -0.113. The van der Waals surface area contributed by atoms with Gasteiger partial charge in [0.1, 0.15) is 0 Å². The second kappa shape index (κ2) is 6.88. The van der Waals surface area contributed by atoms with E-state index in [4.69, 9.17) is 0 Å². The summed E-state index contributed by atoms with van der Waals surface area (Å²) in [5.74, 6) is -1.97. The first-order valence-electron chi connectivity index (χ1n) is 8.55. The summed E-state index contributed by atoms with van der Waals surface area (Å²) in [6.07, 6.45) is 0. The minimum Gasteiger partial charge on any atom is -0.381 e. The van der Waals surface area contributed by atoms with E-state index in [0.717, 1.165) is 16.2 Å². The predicted octanol–water partition coefficient (Wildman–Crippen LogP) is 3.67. The first-order chi connectivity index (χ1) is 13.1. The Kier molecular flexibility index (Phi) is 4.26. The highest BCUT2D eigenvalue weighted by molar-refractivity contribution is 6.57.